The second-order valence-corrected chi connectivity index (χ2v) is 17.0. The molecule has 6 aliphatic rings. The number of Topliss-reactive ketones (excluding diaryl/α,β-unsaturated/α-hetero) is 1. The van der Waals surface area contributed by atoms with Crippen molar-refractivity contribution in [1.29, 1.82) is 0 Å². The SMILES string of the molecule is C#CO[C@@H]1[C@@H](OCC)[C@@H](OC)[C@H](O[C@@H]2CC3C=CC4C(=CC5C(=O)[C@H](C)[C@@H](OC6CC[C@H](N(C)C)[C@@H](C)O6)CCC[C@H](C=CCC)OC(=O)CC54)C3C2)O[C@H]1C. The molecule has 3 saturated heterocycles. The van der Waals surface area contributed by atoms with Gasteiger partial charge in [0.15, 0.2) is 18.7 Å². The van der Waals surface area contributed by atoms with E-state index in [0.29, 0.717) is 25.5 Å². The van der Waals surface area contributed by atoms with Crippen molar-refractivity contribution in [2.45, 2.75) is 160 Å². The average molecular weight is 782 g/mol. The first-order chi connectivity index (χ1) is 27.0. The van der Waals surface area contributed by atoms with E-state index in [2.05, 4.69) is 63.3 Å². The lowest BCUT2D eigenvalue weighted by Gasteiger charge is -2.44. The summed E-state index contributed by atoms with van der Waals surface area (Å²) < 4.78 is 49.9. The number of esters is 1. The quantitative estimate of drug-likeness (QED) is 0.132. The minimum Gasteiger partial charge on any atom is -0.458 e. The molecule has 0 bridgehead atoms. The Bertz CT molecular complexity index is 1470. The molecular weight excluding hydrogens is 714 g/mol. The van der Waals surface area contributed by atoms with Gasteiger partial charge < -0.3 is 42.8 Å². The number of allylic oxidation sites excluding steroid dienone is 5. The van der Waals surface area contributed by atoms with Crippen LogP contribution in [0.2, 0.25) is 0 Å². The van der Waals surface area contributed by atoms with E-state index in [-0.39, 0.29) is 84.6 Å². The molecule has 0 aromatic rings. The molecule has 3 aliphatic heterocycles. The fourth-order valence-corrected chi connectivity index (χ4v) is 10.5. The standard InChI is InChI=1S/C45H67NO10/c1-10-13-15-30-16-14-17-38(56-40-21-20-37(46(7)8)27(5)52-40)26(4)41(48)36-24-34-32(35(36)25-39(47)54-30)19-18-29-22-31(23-33(29)34)55-45-44(49-9)43(51-12-3)42(50-11-2)28(6)53-45/h2,13,15,18-19,24,26-33,35-38,40,42-45H,10,12,14,16-17,20-23,25H2,1,3-9H3/t26-,27-,28+,29?,30+,31-,32?,33?,35?,36?,37+,38+,40?,42+,43-,44-,45+/m1/s1. The number of hydrogen-bond donors (Lipinski definition) is 0. The summed E-state index contributed by atoms with van der Waals surface area (Å²) in [4.78, 5) is 30.7. The number of ketones is 1. The van der Waals surface area contributed by atoms with Gasteiger partial charge in [0.25, 0.3) is 0 Å². The van der Waals surface area contributed by atoms with Gasteiger partial charge in [-0.05, 0) is 110 Å². The number of rotatable bonds is 11. The molecule has 11 heteroatoms. The summed E-state index contributed by atoms with van der Waals surface area (Å²) in [6.07, 6.45) is 21.5. The minimum absolute atomic E-state index is 0.0222. The molecule has 6 unspecified atom stereocenters. The Morgan fingerprint density at radius 2 is 1.75 bits per heavy atom. The molecule has 0 spiro atoms. The highest BCUT2D eigenvalue weighted by Crippen LogP contribution is 2.54. The summed E-state index contributed by atoms with van der Waals surface area (Å²) in [5.41, 5.74) is 1.23. The number of likely N-dealkylation sites (N-methyl/N-ethyl adjacent to an activating group) is 1. The molecule has 17 atom stereocenters. The maximum absolute atomic E-state index is 14.8. The van der Waals surface area contributed by atoms with E-state index in [9.17, 15) is 9.59 Å². The summed E-state index contributed by atoms with van der Waals surface area (Å²) in [5.74, 6) is -0.780. The number of terminal acetylenes is 1. The Labute approximate surface area is 335 Å². The molecule has 6 rings (SSSR count). The van der Waals surface area contributed by atoms with Gasteiger partial charge in [-0.15, -0.1) is 0 Å². The zero-order valence-corrected chi connectivity index (χ0v) is 34.9. The molecular formula is C45H67NO10. The predicted molar refractivity (Wildman–Crippen MR) is 211 cm³/mol. The Morgan fingerprint density at radius 1 is 0.946 bits per heavy atom. The van der Waals surface area contributed by atoms with E-state index in [1.165, 1.54) is 5.57 Å². The van der Waals surface area contributed by atoms with E-state index in [1.54, 1.807) is 7.11 Å². The Morgan fingerprint density at radius 3 is 2.45 bits per heavy atom. The van der Waals surface area contributed by atoms with E-state index in [1.807, 2.05) is 26.8 Å². The van der Waals surface area contributed by atoms with Gasteiger partial charge in [-0.3, -0.25) is 9.59 Å². The van der Waals surface area contributed by atoms with Crippen molar-refractivity contribution in [1.82, 2.24) is 4.90 Å². The molecule has 3 heterocycles. The van der Waals surface area contributed by atoms with Crippen LogP contribution in [-0.2, 0) is 47.5 Å². The van der Waals surface area contributed by atoms with Crippen molar-refractivity contribution in [3.05, 3.63) is 36.0 Å². The van der Waals surface area contributed by atoms with Gasteiger partial charge in [0.2, 0.25) is 0 Å². The summed E-state index contributed by atoms with van der Waals surface area (Å²) in [5, 5.41) is 0. The van der Waals surface area contributed by atoms with Crippen molar-refractivity contribution in [3.8, 4) is 12.5 Å². The highest BCUT2D eigenvalue weighted by molar-refractivity contribution is 5.87. The first kappa shape index (κ1) is 43.0. The molecule has 11 nitrogen and oxygen atoms in total. The summed E-state index contributed by atoms with van der Waals surface area (Å²) >= 11 is 0. The lowest BCUT2D eigenvalue weighted by Crippen LogP contribution is -2.60. The average Bonchev–Trinajstić information content (AvgIpc) is 3.74. The van der Waals surface area contributed by atoms with Crippen molar-refractivity contribution < 1.29 is 47.5 Å². The lowest BCUT2D eigenvalue weighted by atomic mass is 9.72. The van der Waals surface area contributed by atoms with E-state index >= 15 is 0 Å². The Kier molecular flexibility index (Phi) is 15.0. The topological polar surface area (TPSA) is 111 Å². The number of nitrogens with zero attached hydrogens (tertiary/aromatic N) is 1. The number of cyclic esters (lactones) is 1. The summed E-state index contributed by atoms with van der Waals surface area (Å²) in [6.45, 7) is 10.5. The fourth-order valence-electron chi connectivity index (χ4n) is 10.5. The number of fused-ring (bicyclic) bond motifs is 5. The molecule has 56 heavy (non-hydrogen) atoms. The van der Waals surface area contributed by atoms with Gasteiger partial charge in [-0.25, -0.2) is 0 Å². The summed E-state index contributed by atoms with van der Waals surface area (Å²) in [7, 11) is 5.79. The van der Waals surface area contributed by atoms with E-state index in [0.717, 1.165) is 38.5 Å². The largest absolute Gasteiger partial charge is 0.458 e. The van der Waals surface area contributed by atoms with Crippen LogP contribution in [-0.4, -0.2) is 112 Å². The Balaban J connectivity index is 1.22. The van der Waals surface area contributed by atoms with Crippen LogP contribution < -0.4 is 0 Å². The van der Waals surface area contributed by atoms with Crippen LogP contribution >= 0.6 is 0 Å². The third-order valence-electron chi connectivity index (χ3n) is 13.3. The molecule has 3 aliphatic carbocycles. The normalized spacial score (nSPS) is 43.2. The van der Waals surface area contributed by atoms with E-state index in [4.69, 9.17) is 44.3 Å². The first-order valence-corrected chi connectivity index (χ1v) is 21.3. The number of ether oxygens (including phenoxy) is 8. The van der Waals surface area contributed by atoms with Gasteiger partial charge in [0.05, 0.1) is 30.8 Å². The zero-order chi connectivity index (χ0) is 40.1. The van der Waals surface area contributed by atoms with Gasteiger partial charge in [0.1, 0.15) is 30.2 Å². The molecule has 0 N–H and O–H groups in total. The minimum atomic E-state index is -0.671. The van der Waals surface area contributed by atoms with Crippen molar-refractivity contribution in [3.63, 3.8) is 0 Å². The molecule has 0 aromatic carbocycles. The maximum Gasteiger partial charge on any atom is 0.306 e. The van der Waals surface area contributed by atoms with Gasteiger partial charge in [-0.2, -0.15) is 0 Å². The third kappa shape index (κ3) is 9.49. The smallest absolute Gasteiger partial charge is 0.306 e. The zero-order valence-electron chi connectivity index (χ0n) is 34.9. The van der Waals surface area contributed by atoms with Crippen LogP contribution in [0, 0.1) is 48.0 Å². The van der Waals surface area contributed by atoms with Crippen molar-refractivity contribution in [2.75, 3.05) is 27.8 Å². The van der Waals surface area contributed by atoms with Gasteiger partial charge in [-0.1, -0.05) is 50.1 Å². The molecule has 1 saturated carbocycles. The monoisotopic (exact) mass is 781 g/mol. The van der Waals surface area contributed by atoms with Gasteiger partial charge in [0, 0.05) is 37.5 Å². The van der Waals surface area contributed by atoms with Gasteiger partial charge >= 0.3 is 5.97 Å². The van der Waals surface area contributed by atoms with E-state index < -0.39 is 30.5 Å². The number of methoxy groups -OCH3 is 1. The molecule has 4 fully saturated rings. The number of carbonyl (C=O) groups excluding carboxylic acids is 2. The molecule has 312 valence electrons. The molecule has 0 aromatic heterocycles. The summed E-state index contributed by atoms with van der Waals surface area (Å²) in [6, 6.07) is 0.325. The predicted octanol–water partition coefficient (Wildman–Crippen LogP) is 6.39. The van der Waals surface area contributed by atoms with Crippen LogP contribution in [0.1, 0.15) is 92.4 Å². The van der Waals surface area contributed by atoms with Crippen LogP contribution in [0.15, 0.2) is 36.0 Å². The number of carbonyl (C=O) groups is 2. The molecule has 0 amide bonds. The third-order valence-corrected chi connectivity index (χ3v) is 13.3. The second-order valence-electron chi connectivity index (χ2n) is 17.0. The lowest BCUT2D eigenvalue weighted by molar-refractivity contribution is -0.313. The second kappa shape index (κ2) is 19.5. The maximum atomic E-state index is 14.8. The van der Waals surface area contributed by atoms with Crippen LogP contribution in [0.3, 0.4) is 0 Å². The fraction of sp³-hybridized carbons (Fsp3) is 0.778. The first-order valence-electron chi connectivity index (χ1n) is 21.3. The highest BCUT2D eigenvalue weighted by atomic mass is 16.7. The van der Waals surface area contributed by atoms with Crippen LogP contribution in [0.5, 0.6) is 0 Å². The highest BCUT2D eigenvalue weighted by Gasteiger charge is 2.52. The van der Waals surface area contributed by atoms with Crippen molar-refractivity contribution in [2.24, 2.45) is 35.5 Å². The molecule has 0 radical (unpaired) electrons. The van der Waals surface area contributed by atoms with Crippen molar-refractivity contribution >= 4 is 11.8 Å². The van der Waals surface area contributed by atoms with Crippen LogP contribution in [0.25, 0.3) is 0 Å². The Hall–Kier alpha value is -2.56. The number of hydrogen-bond acceptors (Lipinski definition) is 11. The van der Waals surface area contributed by atoms with Crippen LogP contribution in [0.4, 0.5) is 0 Å².